The molecule has 0 atom stereocenters. The minimum Gasteiger partial charge on any atom is -0.496 e. The summed E-state index contributed by atoms with van der Waals surface area (Å²) in [6.07, 6.45) is 0. The molecule has 0 unspecified atom stereocenters. The van der Waals surface area contributed by atoms with Crippen LogP contribution in [0.2, 0.25) is 0 Å². The molecular formula is C14H23NO4S. The average Bonchev–Trinajstić information content (AvgIpc) is 2.37. The van der Waals surface area contributed by atoms with Crippen LogP contribution in [0.4, 0.5) is 0 Å². The van der Waals surface area contributed by atoms with Crippen molar-refractivity contribution in [2.75, 3.05) is 27.4 Å². The molecule has 0 aliphatic rings. The molecule has 0 aliphatic heterocycles. The van der Waals surface area contributed by atoms with E-state index in [1.165, 1.54) is 7.11 Å². The molecule has 0 bridgehead atoms. The van der Waals surface area contributed by atoms with Gasteiger partial charge in [-0.15, -0.1) is 0 Å². The lowest BCUT2D eigenvalue weighted by Gasteiger charge is -2.22. The summed E-state index contributed by atoms with van der Waals surface area (Å²) in [5.74, 6) is 0.688. The maximum Gasteiger partial charge on any atom is 0.240 e. The van der Waals surface area contributed by atoms with E-state index in [1.807, 2.05) is 20.8 Å². The fourth-order valence-corrected chi connectivity index (χ4v) is 2.84. The molecule has 0 amide bonds. The zero-order valence-corrected chi connectivity index (χ0v) is 13.5. The van der Waals surface area contributed by atoms with Gasteiger partial charge in [-0.1, -0.05) is 20.8 Å². The van der Waals surface area contributed by atoms with Crippen LogP contribution in [0, 0.1) is 0 Å². The Morgan fingerprint density at radius 3 is 2.35 bits per heavy atom. The fourth-order valence-electron chi connectivity index (χ4n) is 1.80. The van der Waals surface area contributed by atoms with Gasteiger partial charge in [0.15, 0.2) is 0 Å². The van der Waals surface area contributed by atoms with E-state index in [0.717, 1.165) is 5.56 Å². The van der Waals surface area contributed by atoms with Crippen molar-refractivity contribution in [3.05, 3.63) is 23.8 Å². The summed E-state index contributed by atoms with van der Waals surface area (Å²) in [6, 6.07) is 4.89. The lowest BCUT2D eigenvalue weighted by molar-refractivity contribution is 0.204. The summed E-state index contributed by atoms with van der Waals surface area (Å²) < 4.78 is 37.0. The van der Waals surface area contributed by atoms with Crippen LogP contribution in [0.5, 0.6) is 5.75 Å². The van der Waals surface area contributed by atoms with Crippen LogP contribution in [0.15, 0.2) is 23.1 Å². The van der Waals surface area contributed by atoms with E-state index in [4.69, 9.17) is 9.47 Å². The van der Waals surface area contributed by atoms with E-state index in [2.05, 4.69) is 4.72 Å². The van der Waals surface area contributed by atoms with Gasteiger partial charge in [-0.3, -0.25) is 0 Å². The third-order valence-corrected chi connectivity index (χ3v) is 4.35. The molecule has 1 rings (SSSR count). The Labute approximate surface area is 121 Å². The molecule has 0 saturated heterocycles. The Morgan fingerprint density at radius 1 is 1.20 bits per heavy atom. The number of rotatable bonds is 6. The Morgan fingerprint density at radius 2 is 1.85 bits per heavy atom. The molecule has 1 N–H and O–H groups in total. The molecule has 114 valence electrons. The zero-order valence-electron chi connectivity index (χ0n) is 12.7. The van der Waals surface area contributed by atoms with Crippen molar-refractivity contribution in [1.82, 2.24) is 4.72 Å². The van der Waals surface area contributed by atoms with Gasteiger partial charge in [0, 0.05) is 19.2 Å². The summed E-state index contributed by atoms with van der Waals surface area (Å²) in [6.45, 7) is 6.62. The second-order valence-corrected chi connectivity index (χ2v) is 7.27. The molecule has 0 aromatic heterocycles. The molecule has 20 heavy (non-hydrogen) atoms. The monoisotopic (exact) mass is 301 g/mol. The largest absolute Gasteiger partial charge is 0.496 e. The van der Waals surface area contributed by atoms with Crippen molar-refractivity contribution >= 4 is 10.0 Å². The fraction of sp³-hybridized carbons (Fsp3) is 0.571. The predicted octanol–water partition coefficient (Wildman–Crippen LogP) is 1.92. The first kappa shape index (κ1) is 16.9. The average molecular weight is 301 g/mol. The van der Waals surface area contributed by atoms with Crippen LogP contribution >= 0.6 is 0 Å². The number of hydrogen-bond acceptors (Lipinski definition) is 4. The zero-order chi connectivity index (χ0) is 15.4. The number of benzene rings is 1. The number of methoxy groups -OCH3 is 2. The maximum absolute atomic E-state index is 12.2. The Hall–Kier alpha value is -1.11. The smallest absolute Gasteiger partial charge is 0.240 e. The van der Waals surface area contributed by atoms with Gasteiger partial charge >= 0.3 is 0 Å². The molecule has 0 fully saturated rings. The van der Waals surface area contributed by atoms with Gasteiger partial charge < -0.3 is 9.47 Å². The highest BCUT2D eigenvalue weighted by Gasteiger charge is 2.22. The van der Waals surface area contributed by atoms with E-state index >= 15 is 0 Å². The van der Waals surface area contributed by atoms with E-state index in [9.17, 15) is 8.42 Å². The number of ether oxygens (including phenoxy) is 2. The number of hydrogen-bond donors (Lipinski definition) is 1. The first-order valence-corrected chi connectivity index (χ1v) is 7.88. The van der Waals surface area contributed by atoms with E-state index < -0.39 is 10.0 Å². The van der Waals surface area contributed by atoms with Gasteiger partial charge in [0.1, 0.15) is 5.75 Å². The standard InChI is InChI=1S/C14H23NO4S/c1-14(2,3)12-10-11(6-7-13(12)19-5)20(16,17)15-8-9-18-4/h6-7,10,15H,8-9H2,1-5H3. The lowest BCUT2D eigenvalue weighted by atomic mass is 9.86. The summed E-state index contributed by atoms with van der Waals surface area (Å²) >= 11 is 0. The Balaban J connectivity index is 3.15. The number of sulfonamides is 1. The molecular weight excluding hydrogens is 278 g/mol. The normalized spacial score (nSPS) is 12.4. The van der Waals surface area contributed by atoms with Gasteiger partial charge in [-0.05, 0) is 23.6 Å². The van der Waals surface area contributed by atoms with Crippen molar-refractivity contribution in [3.63, 3.8) is 0 Å². The lowest BCUT2D eigenvalue weighted by Crippen LogP contribution is -2.27. The highest BCUT2D eigenvalue weighted by Crippen LogP contribution is 2.33. The SMILES string of the molecule is COCCNS(=O)(=O)c1ccc(OC)c(C(C)(C)C)c1. The van der Waals surface area contributed by atoms with Gasteiger partial charge in [0.25, 0.3) is 0 Å². The second-order valence-electron chi connectivity index (χ2n) is 5.50. The van der Waals surface area contributed by atoms with E-state index in [0.29, 0.717) is 12.4 Å². The van der Waals surface area contributed by atoms with E-state index in [1.54, 1.807) is 25.3 Å². The minimum atomic E-state index is -3.53. The van der Waals surface area contributed by atoms with Crippen molar-refractivity contribution in [2.24, 2.45) is 0 Å². The number of nitrogens with one attached hydrogen (secondary N) is 1. The molecule has 0 radical (unpaired) electrons. The van der Waals surface area contributed by atoms with Gasteiger partial charge in [0.05, 0.1) is 18.6 Å². The molecule has 1 aromatic carbocycles. The summed E-state index contributed by atoms with van der Waals surface area (Å²) in [5, 5.41) is 0. The molecule has 1 aromatic rings. The van der Waals surface area contributed by atoms with Gasteiger partial charge in [-0.25, -0.2) is 13.1 Å². The maximum atomic E-state index is 12.2. The third kappa shape index (κ3) is 4.19. The topological polar surface area (TPSA) is 64.6 Å². The highest BCUT2D eigenvalue weighted by atomic mass is 32.2. The molecule has 0 spiro atoms. The van der Waals surface area contributed by atoms with Crippen LogP contribution in [0.25, 0.3) is 0 Å². The molecule has 0 aliphatic carbocycles. The minimum absolute atomic E-state index is 0.205. The summed E-state index contributed by atoms with van der Waals surface area (Å²) in [5.41, 5.74) is 0.651. The van der Waals surface area contributed by atoms with Crippen molar-refractivity contribution < 1.29 is 17.9 Å². The van der Waals surface area contributed by atoms with Crippen LogP contribution in [-0.2, 0) is 20.2 Å². The van der Waals surface area contributed by atoms with Gasteiger partial charge in [0.2, 0.25) is 10.0 Å². The first-order valence-electron chi connectivity index (χ1n) is 6.39. The van der Waals surface area contributed by atoms with Crippen molar-refractivity contribution in [1.29, 1.82) is 0 Å². The molecule has 0 saturated carbocycles. The first-order chi connectivity index (χ1) is 9.22. The van der Waals surface area contributed by atoms with Crippen LogP contribution < -0.4 is 9.46 Å². The highest BCUT2D eigenvalue weighted by molar-refractivity contribution is 7.89. The van der Waals surface area contributed by atoms with Crippen LogP contribution in [0.1, 0.15) is 26.3 Å². The molecule has 5 nitrogen and oxygen atoms in total. The van der Waals surface area contributed by atoms with Crippen LogP contribution in [-0.4, -0.2) is 35.8 Å². The Bertz CT molecular complexity index is 547. The van der Waals surface area contributed by atoms with Gasteiger partial charge in [-0.2, -0.15) is 0 Å². The summed E-state index contributed by atoms with van der Waals surface area (Å²) in [4.78, 5) is 0.235. The summed E-state index contributed by atoms with van der Waals surface area (Å²) in [7, 11) is -0.420. The van der Waals surface area contributed by atoms with Crippen LogP contribution in [0.3, 0.4) is 0 Å². The third-order valence-electron chi connectivity index (χ3n) is 2.89. The molecule has 0 heterocycles. The van der Waals surface area contributed by atoms with Crippen molar-refractivity contribution in [3.8, 4) is 5.75 Å². The predicted molar refractivity (Wildman–Crippen MR) is 78.8 cm³/mol. The molecule has 6 heteroatoms. The Kier molecular flexibility index (Phi) is 5.56. The second kappa shape index (κ2) is 6.56. The van der Waals surface area contributed by atoms with E-state index in [-0.39, 0.29) is 16.9 Å². The van der Waals surface area contributed by atoms with Crippen molar-refractivity contribution in [2.45, 2.75) is 31.1 Å². The quantitative estimate of drug-likeness (QED) is 0.815.